The van der Waals surface area contributed by atoms with Crippen LogP contribution in [0.1, 0.15) is 38.8 Å². The largest absolute Gasteiger partial charge is 0.445 e. The third-order valence-corrected chi connectivity index (χ3v) is 2.14. The van der Waals surface area contributed by atoms with E-state index in [1.807, 2.05) is 0 Å². The first-order valence-electron chi connectivity index (χ1n) is 5.09. The summed E-state index contributed by atoms with van der Waals surface area (Å²) in [7, 11) is 1.62. The lowest BCUT2D eigenvalue weighted by atomic mass is 9.94. The van der Waals surface area contributed by atoms with Gasteiger partial charge in [-0.3, -0.25) is 4.79 Å². The molecule has 1 amide bonds. The van der Waals surface area contributed by atoms with E-state index >= 15 is 0 Å². The average molecular weight is 210 g/mol. The third-order valence-electron chi connectivity index (χ3n) is 2.14. The molecule has 84 valence electrons. The van der Waals surface area contributed by atoms with Gasteiger partial charge in [-0.1, -0.05) is 20.8 Å². The summed E-state index contributed by atoms with van der Waals surface area (Å²) < 4.78 is 5.55. The van der Waals surface area contributed by atoms with Crippen LogP contribution in [0.2, 0.25) is 0 Å². The summed E-state index contributed by atoms with van der Waals surface area (Å²) in [5, 5.41) is 2.56. The van der Waals surface area contributed by atoms with Crippen LogP contribution in [0.15, 0.2) is 10.6 Å². The first-order valence-corrected chi connectivity index (χ1v) is 5.09. The molecule has 0 fully saturated rings. The van der Waals surface area contributed by atoms with Crippen LogP contribution < -0.4 is 5.32 Å². The number of oxazole rings is 1. The second-order valence-electron chi connectivity index (χ2n) is 4.54. The van der Waals surface area contributed by atoms with Crippen LogP contribution >= 0.6 is 0 Å². The van der Waals surface area contributed by atoms with E-state index in [0.29, 0.717) is 18.7 Å². The Morgan fingerprint density at radius 1 is 1.53 bits per heavy atom. The molecule has 0 bridgehead atoms. The van der Waals surface area contributed by atoms with Crippen LogP contribution in [0.25, 0.3) is 0 Å². The molecule has 0 saturated carbocycles. The minimum atomic E-state index is -0.0295. The van der Waals surface area contributed by atoms with Crippen molar-refractivity contribution in [1.29, 1.82) is 0 Å². The summed E-state index contributed by atoms with van der Waals surface area (Å²) in [4.78, 5) is 15.2. The number of carbonyl (C=O) groups is 1. The first-order chi connectivity index (χ1) is 6.93. The van der Waals surface area contributed by atoms with Crippen LogP contribution in [-0.4, -0.2) is 17.9 Å². The Hall–Kier alpha value is -1.32. The van der Waals surface area contributed by atoms with Crippen molar-refractivity contribution in [1.82, 2.24) is 10.3 Å². The normalized spacial score (nSPS) is 11.5. The Bertz CT molecular complexity index is 337. The van der Waals surface area contributed by atoms with Gasteiger partial charge in [0.1, 0.15) is 5.76 Å². The van der Waals surface area contributed by atoms with Gasteiger partial charge in [0.2, 0.25) is 5.91 Å². The Labute approximate surface area is 90.1 Å². The number of aryl methyl sites for hydroxylation is 1. The van der Waals surface area contributed by atoms with Crippen LogP contribution in [-0.2, 0) is 16.6 Å². The molecular formula is C11H18N2O2. The van der Waals surface area contributed by atoms with Gasteiger partial charge in [-0.05, 0) is 0 Å². The summed E-state index contributed by atoms with van der Waals surface area (Å²) in [6, 6.07) is 0. The zero-order valence-electron chi connectivity index (χ0n) is 9.76. The molecule has 15 heavy (non-hydrogen) atoms. The van der Waals surface area contributed by atoms with E-state index in [0.717, 1.165) is 5.76 Å². The van der Waals surface area contributed by atoms with E-state index in [1.54, 1.807) is 13.2 Å². The molecule has 1 aromatic heterocycles. The molecule has 1 rings (SSSR count). The van der Waals surface area contributed by atoms with Crippen molar-refractivity contribution in [2.75, 3.05) is 7.05 Å². The first kappa shape index (κ1) is 11.8. The van der Waals surface area contributed by atoms with Crippen LogP contribution in [0, 0.1) is 0 Å². The van der Waals surface area contributed by atoms with Gasteiger partial charge < -0.3 is 9.73 Å². The van der Waals surface area contributed by atoms with Crippen molar-refractivity contribution in [2.24, 2.45) is 0 Å². The molecule has 4 nitrogen and oxygen atoms in total. The Morgan fingerprint density at radius 3 is 2.67 bits per heavy atom. The van der Waals surface area contributed by atoms with Crippen molar-refractivity contribution >= 4 is 5.91 Å². The van der Waals surface area contributed by atoms with Gasteiger partial charge >= 0.3 is 0 Å². The van der Waals surface area contributed by atoms with Crippen molar-refractivity contribution in [3.05, 3.63) is 17.8 Å². The summed E-state index contributed by atoms with van der Waals surface area (Å²) in [6.07, 6.45) is 2.70. The minimum absolute atomic E-state index is 0.00510. The summed E-state index contributed by atoms with van der Waals surface area (Å²) >= 11 is 0. The van der Waals surface area contributed by atoms with Crippen LogP contribution in [0.3, 0.4) is 0 Å². The number of hydrogen-bond donors (Lipinski definition) is 1. The lowest BCUT2D eigenvalue weighted by Crippen LogP contribution is -2.17. The Kier molecular flexibility index (Phi) is 3.50. The number of nitrogens with one attached hydrogen (secondary N) is 1. The van der Waals surface area contributed by atoms with Gasteiger partial charge in [0.15, 0.2) is 5.89 Å². The zero-order valence-corrected chi connectivity index (χ0v) is 9.76. The van der Waals surface area contributed by atoms with E-state index in [9.17, 15) is 4.79 Å². The Balaban J connectivity index is 2.58. The van der Waals surface area contributed by atoms with E-state index in [1.165, 1.54) is 0 Å². The van der Waals surface area contributed by atoms with E-state index < -0.39 is 0 Å². The number of carbonyl (C=O) groups excluding carboxylic acids is 1. The highest BCUT2D eigenvalue weighted by molar-refractivity contribution is 5.75. The van der Waals surface area contributed by atoms with Crippen molar-refractivity contribution < 1.29 is 9.21 Å². The van der Waals surface area contributed by atoms with Crippen molar-refractivity contribution in [3.8, 4) is 0 Å². The monoisotopic (exact) mass is 210 g/mol. The maximum absolute atomic E-state index is 11.0. The molecule has 1 aromatic rings. The Morgan fingerprint density at radius 2 is 2.20 bits per heavy atom. The molecule has 0 aliphatic heterocycles. The molecule has 0 radical (unpaired) electrons. The second-order valence-corrected chi connectivity index (χ2v) is 4.54. The predicted octanol–water partition coefficient (Wildman–Crippen LogP) is 1.65. The lowest BCUT2D eigenvalue weighted by Gasteiger charge is -2.13. The third kappa shape index (κ3) is 3.38. The van der Waals surface area contributed by atoms with Gasteiger partial charge in [0.25, 0.3) is 0 Å². The quantitative estimate of drug-likeness (QED) is 0.825. The van der Waals surface area contributed by atoms with Crippen LogP contribution in [0.4, 0.5) is 0 Å². The fourth-order valence-electron chi connectivity index (χ4n) is 1.12. The highest BCUT2D eigenvalue weighted by atomic mass is 16.4. The smallest absolute Gasteiger partial charge is 0.220 e. The van der Waals surface area contributed by atoms with Gasteiger partial charge in [0.05, 0.1) is 6.20 Å². The summed E-state index contributed by atoms with van der Waals surface area (Å²) in [5.74, 6) is 1.49. The molecular weight excluding hydrogens is 192 g/mol. The van der Waals surface area contributed by atoms with Crippen LogP contribution in [0.5, 0.6) is 0 Å². The number of nitrogens with zero attached hydrogens (tertiary/aromatic N) is 1. The van der Waals surface area contributed by atoms with Crippen molar-refractivity contribution in [2.45, 2.75) is 39.0 Å². The van der Waals surface area contributed by atoms with E-state index in [2.05, 4.69) is 31.1 Å². The van der Waals surface area contributed by atoms with E-state index in [-0.39, 0.29) is 11.3 Å². The predicted molar refractivity (Wildman–Crippen MR) is 57.6 cm³/mol. The molecule has 1 N–H and O–H groups in total. The summed E-state index contributed by atoms with van der Waals surface area (Å²) in [6.45, 7) is 6.20. The summed E-state index contributed by atoms with van der Waals surface area (Å²) in [5.41, 5.74) is -0.0295. The van der Waals surface area contributed by atoms with E-state index in [4.69, 9.17) is 4.42 Å². The number of hydrogen-bond acceptors (Lipinski definition) is 3. The molecule has 1 heterocycles. The average Bonchev–Trinajstić information content (AvgIpc) is 2.61. The number of aromatic nitrogens is 1. The molecule has 4 heteroatoms. The van der Waals surface area contributed by atoms with Gasteiger partial charge in [-0.15, -0.1) is 0 Å². The van der Waals surface area contributed by atoms with Gasteiger partial charge in [-0.25, -0.2) is 4.98 Å². The molecule has 0 aliphatic rings. The van der Waals surface area contributed by atoms with Gasteiger partial charge in [0, 0.05) is 25.3 Å². The highest BCUT2D eigenvalue weighted by Gasteiger charge is 2.19. The maximum atomic E-state index is 11.0. The second kappa shape index (κ2) is 4.47. The SMILES string of the molecule is CNC(=O)CCc1ncc(C(C)(C)C)o1. The molecule has 0 spiro atoms. The molecule has 0 unspecified atom stereocenters. The molecule has 0 aromatic carbocycles. The van der Waals surface area contributed by atoms with Gasteiger partial charge in [-0.2, -0.15) is 0 Å². The molecule has 0 atom stereocenters. The number of amides is 1. The standard InChI is InChI=1S/C11H18N2O2/c1-11(2,3)8-7-13-10(15-8)6-5-9(14)12-4/h7H,5-6H2,1-4H3,(H,12,14). The van der Waals surface area contributed by atoms with Crippen molar-refractivity contribution in [3.63, 3.8) is 0 Å². The highest BCUT2D eigenvalue weighted by Crippen LogP contribution is 2.22. The fourth-order valence-corrected chi connectivity index (χ4v) is 1.12. The molecule has 0 saturated heterocycles. The lowest BCUT2D eigenvalue weighted by molar-refractivity contribution is -0.120. The number of rotatable bonds is 3. The topological polar surface area (TPSA) is 55.1 Å². The maximum Gasteiger partial charge on any atom is 0.220 e. The fraction of sp³-hybridized carbons (Fsp3) is 0.636. The molecule has 0 aliphatic carbocycles. The zero-order chi connectivity index (χ0) is 11.5. The minimum Gasteiger partial charge on any atom is -0.445 e.